The molecule has 2 fully saturated rings. The second-order valence-electron chi connectivity index (χ2n) is 8.08. The van der Waals surface area contributed by atoms with Crippen LogP contribution >= 0.6 is 11.3 Å². The van der Waals surface area contributed by atoms with Gasteiger partial charge < -0.3 is 15.0 Å². The zero-order valence-electron chi connectivity index (χ0n) is 16.6. The lowest BCUT2D eigenvalue weighted by molar-refractivity contribution is -0.130. The van der Waals surface area contributed by atoms with Gasteiger partial charge in [-0.2, -0.15) is 0 Å². The Morgan fingerprint density at radius 1 is 1.14 bits per heavy atom. The maximum Gasteiger partial charge on any atom is 0.225 e. The van der Waals surface area contributed by atoms with E-state index < -0.39 is 0 Å². The van der Waals surface area contributed by atoms with Gasteiger partial charge in [-0.3, -0.25) is 9.59 Å². The number of amides is 2. The Kier molecular flexibility index (Phi) is 6.31. The third-order valence-electron chi connectivity index (χ3n) is 6.29. The molecule has 0 radical (unpaired) electrons. The molecule has 3 heterocycles. The van der Waals surface area contributed by atoms with Gasteiger partial charge in [0.05, 0.1) is 12.5 Å². The Bertz CT molecular complexity index is 816. The first-order valence-electron chi connectivity index (χ1n) is 10.4. The highest BCUT2D eigenvalue weighted by atomic mass is 32.1. The maximum absolute atomic E-state index is 13.1. The lowest BCUT2D eigenvalue weighted by Crippen LogP contribution is -2.44. The van der Waals surface area contributed by atoms with Crippen molar-refractivity contribution in [1.82, 2.24) is 10.2 Å². The van der Waals surface area contributed by atoms with Gasteiger partial charge in [-0.25, -0.2) is 0 Å². The van der Waals surface area contributed by atoms with Gasteiger partial charge >= 0.3 is 0 Å². The van der Waals surface area contributed by atoms with E-state index in [1.807, 2.05) is 40.6 Å². The van der Waals surface area contributed by atoms with Gasteiger partial charge in [0, 0.05) is 43.0 Å². The highest BCUT2D eigenvalue weighted by Crippen LogP contribution is 2.44. The lowest BCUT2D eigenvalue weighted by atomic mass is 9.72. The van der Waals surface area contributed by atoms with E-state index >= 15 is 0 Å². The molecule has 2 aromatic rings. The summed E-state index contributed by atoms with van der Waals surface area (Å²) in [6.07, 6.45) is 2.90. The van der Waals surface area contributed by atoms with E-state index in [-0.39, 0.29) is 23.1 Å². The minimum atomic E-state index is -0.160. The van der Waals surface area contributed by atoms with Crippen molar-refractivity contribution >= 4 is 23.2 Å². The van der Waals surface area contributed by atoms with Crippen molar-refractivity contribution < 1.29 is 14.3 Å². The summed E-state index contributed by atoms with van der Waals surface area (Å²) in [5.41, 5.74) is 1.02. The molecule has 5 nitrogen and oxygen atoms in total. The summed E-state index contributed by atoms with van der Waals surface area (Å²) in [4.78, 5) is 29.1. The summed E-state index contributed by atoms with van der Waals surface area (Å²) >= 11 is 1.65. The first-order valence-corrected chi connectivity index (χ1v) is 11.2. The first kappa shape index (κ1) is 20.1. The zero-order chi connectivity index (χ0) is 20.1. The van der Waals surface area contributed by atoms with E-state index in [1.165, 1.54) is 5.56 Å². The second-order valence-corrected chi connectivity index (χ2v) is 9.12. The second kappa shape index (κ2) is 9.09. The number of hydrogen-bond donors (Lipinski definition) is 1. The first-order chi connectivity index (χ1) is 14.2. The van der Waals surface area contributed by atoms with Gasteiger partial charge in [0.1, 0.15) is 0 Å². The predicted molar refractivity (Wildman–Crippen MR) is 113 cm³/mol. The van der Waals surface area contributed by atoms with Crippen molar-refractivity contribution in [1.29, 1.82) is 0 Å². The molecule has 4 rings (SSSR count). The van der Waals surface area contributed by atoms with Crippen LogP contribution in [-0.4, -0.2) is 43.0 Å². The van der Waals surface area contributed by atoms with Gasteiger partial charge in [0.25, 0.3) is 0 Å². The number of likely N-dealkylation sites (tertiary alicyclic amines) is 1. The van der Waals surface area contributed by atoms with Crippen molar-refractivity contribution in [3.63, 3.8) is 0 Å². The molecule has 1 N–H and O–H groups in total. The van der Waals surface area contributed by atoms with Crippen molar-refractivity contribution in [3.8, 4) is 0 Å². The molecule has 0 unspecified atom stereocenters. The molecule has 1 aromatic carbocycles. The molecule has 2 aliphatic rings. The van der Waals surface area contributed by atoms with Crippen LogP contribution in [0.3, 0.4) is 0 Å². The number of nitrogens with zero attached hydrogens (tertiary/aromatic N) is 1. The number of ether oxygens (including phenoxy) is 1. The van der Waals surface area contributed by atoms with Gasteiger partial charge in [-0.05, 0) is 36.3 Å². The predicted octanol–water partition coefficient (Wildman–Crippen LogP) is 3.25. The van der Waals surface area contributed by atoms with E-state index in [2.05, 4.69) is 17.4 Å². The van der Waals surface area contributed by atoms with Crippen LogP contribution in [0.25, 0.3) is 0 Å². The Hall–Kier alpha value is -2.18. The van der Waals surface area contributed by atoms with Crippen LogP contribution in [0.15, 0.2) is 47.8 Å². The molecular weight excluding hydrogens is 384 g/mol. The fraction of sp³-hybridized carbons (Fsp3) is 0.478. The highest BCUT2D eigenvalue weighted by molar-refractivity contribution is 7.09. The topological polar surface area (TPSA) is 58.6 Å². The molecule has 1 aromatic heterocycles. The standard InChI is InChI=1S/C23H28N2O3S/c26-21(9-8-18-5-2-1-3-6-18)25-16-20(23(17-25)10-12-28-13-11-23)22(27)24-15-19-7-4-14-29-19/h1-7,14,20H,8-13,15-17H2,(H,24,27)/t20-/m0/s1. The van der Waals surface area contributed by atoms with Crippen molar-refractivity contribution in [2.75, 3.05) is 26.3 Å². The Morgan fingerprint density at radius 2 is 1.93 bits per heavy atom. The number of hydrogen-bond acceptors (Lipinski definition) is 4. The summed E-state index contributed by atoms with van der Waals surface area (Å²) < 4.78 is 5.57. The summed E-state index contributed by atoms with van der Waals surface area (Å²) in [6, 6.07) is 14.1. The summed E-state index contributed by atoms with van der Waals surface area (Å²) in [5, 5.41) is 5.13. The van der Waals surface area contributed by atoms with Gasteiger partial charge in [-0.15, -0.1) is 11.3 Å². The molecule has 0 saturated carbocycles. The average Bonchev–Trinajstić information content (AvgIpc) is 3.40. The van der Waals surface area contributed by atoms with Gasteiger partial charge in [0.15, 0.2) is 0 Å². The third kappa shape index (κ3) is 4.70. The molecule has 0 bridgehead atoms. The van der Waals surface area contributed by atoms with Crippen LogP contribution in [-0.2, 0) is 27.3 Å². The molecule has 29 heavy (non-hydrogen) atoms. The Balaban J connectivity index is 1.40. The van der Waals surface area contributed by atoms with Gasteiger partial charge in [0.2, 0.25) is 11.8 Å². The zero-order valence-corrected chi connectivity index (χ0v) is 17.5. The van der Waals surface area contributed by atoms with Crippen LogP contribution in [0, 0.1) is 11.3 Å². The van der Waals surface area contributed by atoms with Crippen LogP contribution in [0.5, 0.6) is 0 Å². The molecule has 6 heteroatoms. The highest BCUT2D eigenvalue weighted by Gasteiger charge is 2.51. The van der Waals surface area contributed by atoms with E-state index in [0.29, 0.717) is 39.3 Å². The number of aryl methyl sites for hydroxylation is 1. The summed E-state index contributed by atoms with van der Waals surface area (Å²) in [5.74, 6) is 0.0546. The molecule has 2 amide bonds. The fourth-order valence-corrected chi connectivity index (χ4v) is 5.21. The number of carbonyl (C=O) groups excluding carboxylic acids is 2. The SMILES string of the molecule is O=C(NCc1cccs1)[C@@H]1CN(C(=O)CCc2ccccc2)CC12CCOCC2. The van der Waals surface area contributed by atoms with Crippen LogP contribution < -0.4 is 5.32 Å². The monoisotopic (exact) mass is 412 g/mol. The minimum Gasteiger partial charge on any atom is -0.381 e. The summed E-state index contributed by atoms with van der Waals surface area (Å²) in [6.45, 7) is 3.08. The van der Waals surface area contributed by atoms with Gasteiger partial charge in [-0.1, -0.05) is 36.4 Å². The van der Waals surface area contributed by atoms with Crippen LogP contribution in [0.2, 0.25) is 0 Å². The number of thiophene rings is 1. The Morgan fingerprint density at radius 3 is 2.66 bits per heavy atom. The number of nitrogens with one attached hydrogen (secondary N) is 1. The normalized spacial score (nSPS) is 20.7. The van der Waals surface area contributed by atoms with Crippen LogP contribution in [0.1, 0.15) is 29.7 Å². The lowest BCUT2D eigenvalue weighted by Gasteiger charge is -2.37. The number of benzene rings is 1. The molecule has 154 valence electrons. The Labute approximate surface area is 176 Å². The number of carbonyl (C=O) groups is 2. The minimum absolute atomic E-state index is 0.0682. The molecular formula is C23H28N2O3S. The third-order valence-corrected chi connectivity index (χ3v) is 7.17. The molecule has 1 spiro atoms. The van der Waals surface area contributed by atoms with E-state index in [4.69, 9.17) is 4.74 Å². The van der Waals surface area contributed by atoms with Crippen LogP contribution in [0.4, 0.5) is 0 Å². The summed E-state index contributed by atoms with van der Waals surface area (Å²) in [7, 11) is 0. The molecule has 0 aliphatic carbocycles. The largest absolute Gasteiger partial charge is 0.381 e. The van der Waals surface area contributed by atoms with Crippen molar-refractivity contribution in [2.45, 2.75) is 32.2 Å². The number of rotatable bonds is 6. The van der Waals surface area contributed by atoms with E-state index in [9.17, 15) is 9.59 Å². The smallest absolute Gasteiger partial charge is 0.225 e. The molecule has 2 saturated heterocycles. The molecule has 2 aliphatic heterocycles. The van der Waals surface area contributed by atoms with Crippen molar-refractivity contribution in [2.24, 2.45) is 11.3 Å². The quantitative estimate of drug-likeness (QED) is 0.792. The fourth-order valence-electron chi connectivity index (χ4n) is 4.57. The maximum atomic E-state index is 13.1. The molecule has 1 atom stereocenters. The average molecular weight is 413 g/mol. The van der Waals surface area contributed by atoms with E-state index in [1.54, 1.807) is 11.3 Å². The van der Waals surface area contributed by atoms with Crippen molar-refractivity contribution in [3.05, 3.63) is 58.3 Å². The van der Waals surface area contributed by atoms with E-state index in [0.717, 1.165) is 24.1 Å².